The Morgan fingerprint density at radius 3 is 2.60 bits per heavy atom. The first-order valence-corrected chi connectivity index (χ1v) is 11.4. The first-order chi connectivity index (χ1) is 14.3. The average Bonchev–Trinajstić information content (AvgIpc) is 3.09. The maximum absolute atomic E-state index is 12.5. The molecule has 0 bridgehead atoms. The van der Waals surface area contributed by atoms with Crippen molar-refractivity contribution >= 4 is 42.6 Å². The number of nitrogens with one attached hydrogen (secondary N) is 2. The van der Waals surface area contributed by atoms with E-state index < -0.39 is 10.0 Å². The van der Waals surface area contributed by atoms with Crippen LogP contribution in [0, 0.1) is 11.3 Å². The topological polar surface area (TPSA) is 115 Å². The lowest BCUT2D eigenvalue weighted by Crippen LogP contribution is -2.24. The van der Waals surface area contributed by atoms with Gasteiger partial charge in [0.05, 0.1) is 21.2 Å². The van der Waals surface area contributed by atoms with Crippen molar-refractivity contribution in [2.24, 2.45) is 0 Å². The zero-order valence-electron chi connectivity index (χ0n) is 16.5. The first-order valence-electron chi connectivity index (χ1n) is 9.11. The quantitative estimate of drug-likeness (QED) is 0.517. The molecule has 8 nitrogen and oxygen atoms in total. The molecule has 3 aromatic rings. The summed E-state index contributed by atoms with van der Waals surface area (Å²) in [6.07, 6.45) is 0.0819. The number of hydrogen-bond donors (Lipinski definition) is 2. The number of carbonyl (C=O) groups excluding carboxylic acids is 1. The molecule has 0 atom stereocenters. The van der Waals surface area contributed by atoms with Crippen molar-refractivity contribution in [1.29, 1.82) is 5.26 Å². The Kier molecular flexibility index (Phi) is 6.79. The van der Waals surface area contributed by atoms with Gasteiger partial charge in [-0.1, -0.05) is 17.4 Å². The standard InChI is InChI=1S/C20H21N5O3S2/c1-25(2)13-14-4-9-17-18(12-14)29-20(23-17)24-19(26)15-5-7-16(8-6-15)30(27,28)22-11-3-10-21/h4-9,12,22H,3,11,13H2,1-2H3,(H,23,24,26). The van der Waals surface area contributed by atoms with Crippen LogP contribution in [-0.4, -0.2) is 44.8 Å². The van der Waals surface area contributed by atoms with Crippen LogP contribution in [0.15, 0.2) is 47.4 Å². The molecule has 2 N–H and O–H groups in total. The highest BCUT2D eigenvalue weighted by molar-refractivity contribution is 7.89. The van der Waals surface area contributed by atoms with Crippen LogP contribution < -0.4 is 10.0 Å². The number of nitriles is 1. The minimum absolute atomic E-state index is 0.0328. The van der Waals surface area contributed by atoms with Crippen LogP contribution in [0.25, 0.3) is 10.2 Å². The monoisotopic (exact) mass is 443 g/mol. The summed E-state index contributed by atoms with van der Waals surface area (Å²) in [7, 11) is 0.292. The van der Waals surface area contributed by atoms with Gasteiger partial charge >= 0.3 is 0 Å². The van der Waals surface area contributed by atoms with Crippen molar-refractivity contribution in [2.45, 2.75) is 17.9 Å². The molecule has 1 heterocycles. The Balaban J connectivity index is 1.70. The summed E-state index contributed by atoms with van der Waals surface area (Å²) in [5.74, 6) is -0.371. The number of thiazole rings is 1. The van der Waals surface area contributed by atoms with Crippen molar-refractivity contribution in [2.75, 3.05) is 26.0 Å². The number of amides is 1. The lowest BCUT2D eigenvalue weighted by Gasteiger charge is -2.08. The largest absolute Gasteiger partial charge is 0.305 e. The van der Waals surface area contributed by atoms with Gasteiger partial charge < -0.3 is 4.90 Å². The highest BCUT2D eigenvalue weighted by Gasteiger charge is 2.15. The number of carbonyl (C=O) groups is 1. The van der Waals surface area contributed by atoms with E-state index in [4.69, 9.17) is 5.26 Å². The molecule has 0 spiro atoms. The van der Waals surface area contributed by atoms with Crippen molar-refractivity contribution in [1.82, 2.24) is 14.6 Å². The SMILES string of the molecule is CN(C)Cc1ccc2nc(NC(=O)c3ccc(S(=O)(=O)NCCC#N)cc3)sc2c1. The van der Waals surface area contributed by atoms with Gasteiger partial charge in [0.1, 0.15) is 0 Å². The summed E-state index contributed by atoms with van der Waals surface area (Å²) in [6.45, 7) is 0.852. The molecule has 0 saturated carbocycles. The van der Waals surface area contributed by atoms with Crippen molar-refractivity contribution < 1.29 is 13.2 Å². The summed E-state index contributed by atoms with van der Waals surface area (Å²) in [5, 5.41) is 11.8. The van der Waals surface area contributed by atoms with Gasteiger partial charge in [-0.3, -0.25) is 10.1 Å². The van der Waals surface area contributed by atoms with Gasteiger partial charge in [0.15, 0.2) is 5.13 Å². The van der Waals surface area contributed by atoms with E-state index in [0.717, 1.165) is 22.3 Å². The normalized spacial score (nSPS) is 11.5. The third-order valence-electron chi connectivity index (χ3n) is 4.13. The van der Waals surface area contributed by atoms with E-state index in [0.29, 0.717) is 10.7 Å². The van der Waals surface area contributed by atoms with Gasteiger partial charge in [0, 0.05) is 25.1 Å². The second-order valence-electron chi connectivity index (χ2n) is 6.84. The van der Waals surface area contributed by atoms with Gasteiger partial charge in [-0.2, -0.15) is 5.26 Å². The zero-order valence-corrected chi connectivity index (χ0v) is 18.2. The van der Waals surface area contributed by atoms with E-state index in [1.54, 1.807) is 0 Å². The summed E-state index contributed by atoms with van der Waals surface area (Å²) in [4.78, 5) is 19.1. The molecule has 3 rings (SSSR count). The van der Waals surface area contributed by atoms with Crippen LogP contribution in [0.1, 0.15) is 22.3 Å². The second kappa shape index (κ2) is 9.32. The predicted molar refractivity (Wildman–Crippen MR) is 117 cm³/mol. The molecule has 1 aromatic heterocycles. The summed E-state index contributed by atoms with van der Waals surface area (Å²) in [5.41, 5.74) is 2.29. The van der Waals surface area contributed by atoms with Crippen LogP contribution in [-0.2, 0) is 16.6 Å². The fraction of sp³-hybridized carbons (Fsp3) is 0.250. The maximum Gasteiger partial charge on any atom is 0.257 e. The van der Waals surface area contributed by atoms with E-state index in [1.807, 2.05) is 32.3 Å². The van der Waals surface area contributed by atoms with Crippen LogP contribution in [0.3, 0.4) is 0 Å². The minimum Gasteiger partial charge on any atom is -0.305 e. The van der Waals surface area contributed by atoms with E-state index in [-0.39, 0.29) is 23.8 Å². The molecule has 0 aliphatic rings. The van der Waals surface area contributed by atoms with Gasteiger partial charge in [-0.15, -0.1) is 0 Å². The van der Waals surface area contributed by atoms with Crippen molar-refractivity contribution in [3.63, 3.8) is 0 Å². The number of sulfonamides is 1. The highest BCUT2D eigenvalue weighted by atomic mass is 32.2. The maximum atomic E-state index is 12.5. The molecule has 30 heavy (non-hydrogen) atoms. The van der Waals surface area contributed by atoms with Crippen molar-refractivity contribution in [3.8, 4) is 6.07 Å². The highest BCUT2D eigenvalue weighted by Crippen LogP contribution is 2.27. The van der Waals surface area contributed by atoms with Crippen molar-refractivity contribution in [3.05, 3.63) is 53.6 Å². The van der Waals surface area contributed by atoms with E-state index in [2.05, 4.69) is 26.0 Å². The summed E-state index contributed by atoms with van der Waals surface area (Å²) >= 11 is 1.39. The number of rotatable bonds is 8. The van der Waals surface area contributed by atoms with Crippen LogP contribution in [0.5, 0.6) is 0 Å². The van der Waals surface area contributed by atoms with Gasteiger partial charge in [0.2, 0.25) is 10.0 Å². The van der Waals surface area contributed by atoms with Crippen LogP contribution >= 0.6 is 11.3 Å². The number of aromatic nitrogens is 1. The molecule has 0 saturated heterocycles. The summed E-state index contributed by atoms with van der Waals surface area (Å²) < 4.78 is 27.6. The smallest absolute Gasteiger partial charge is 0.257 e. The number of fused-ring (bicyclic) bond motifs is 1. The molecule has 0 radical (unpaired) electrons. The number of benzene rings is 2. The molecule has 1 amide bonds. The van der Waals surface area contributed by atoms with Gasteiger partial charge in [0.25, 0.3) is 5.91 Å². The van der Waals surface area contributed by atoms with E-state index in [1.165, 1.54) is 35.6 Å². The lowest BCUT2D eigenvalue weighted by molar-refractivity contribution is 0.102. The second-order valence-corrected chi connectivity index (χ2v) is 9.64. The fourth-order valence-electron chi connectivity index (χ4n) is 2.77. The average molecular weight is 444 g/mol. The molecule has 0 aliphatic heterocycles. The molecule has 0 unspecified atom stereocenters. The molecule has 2 aromatic carbocycles. The van der Waals surface area contributed by atoms with Crippen LogP contribution in [0.2, 0.25) is 0 Å². The Bertz CT molecular complexity index is 1200. The Hall–Kier alpha value is -2.84. The fourth-order valence-corrected chi connectivity index (χ4v) is 4.72. The first kappa shape index (κ1) is 21.9. The Morgan fingerprint density at radius 2 is 1.93 bits per heavy atom. The Labute approximate surface area is 179 Å². The van der Waals surface area contributed by atoms with E-state index >= 15 is 0 Å². The molecule has 0 aliphatic carbocycles. The zero-order chi connectivity index (χ0) is 21.7. The van der Waals surface area contributed by atoms with Crippen LogP contribution in [0.4, 0.5) is 5.13 Å². The predicted octanol–water partition coefficient (Wildman–Crippen LogP) is 2.80. The third kappa shape index (κ3) is 5.40. The van der Waals surface area contributed by atoms with Gasteiger partial charge in [-0.25, -0.2) is 18.1 Å². The minimum atomic E-state index is -3.71. The third-order valence-corrected chi connectivity index (χ3v) is 6.54. The molecular formula is C20H21N5O3S2. The summed E-state index contributed by atoms with van der Waals surface area (Å²) in [6, 6.07) is 13.5. The lowest BCUT2D eigenvalue weighted by atomic mass is 10.2. The number of hydrogen-bond acceptors (Lipinski definition) is 7. The molecule has 0 fully saturated rings. The van der Waals surface area contributed by atoms with Gasteiger partial charge in [-0.05, 0) is 56.1 Å². The van der Waals surface area contributed by atoms with E-state index in [9.17, 15) is 13.2 Å². The molecule has 156 valence electrons. The number of nitrogens with zero attached hydrogens (tertiary/aromatic N) is 3. The Morgan fingerprint density at radius 1 is 1.20 bits per heavy atom. The number of anilines is 1. The molecule has 10 heteroatoms. The molecular weight excluding hydrogens is 422 g/mol.